The SMILES string of the molecule is [N-]=[N+]=N[C@@H](c1cccs1)[C@H](O)CO. The summed E-state index contributed by atoms with van der Waals surface area (Å²) in [6.07, 6.45) is -1.03. The van der Waals surface area contributed by atoms with Gasteiger partial charge < -0.3 is 10.2 Å². The van der Waals surface area contributed by atoms with Gasteiger partial charge in [-0.25, -0.2) is 0 Å². The second kappa shape index (κ2) is 4.84. The van der Waals surface area contributed by atoms with Gasteiger partial charge in [0.15, 0.2) is 0 Å². The molecule has 1 aromatic heterocycles. The van der Waals surface area contributed by atoms with Crippen molar-refractivity contribution in [1.82, 2.24) is 0 Å². The van der Waals surface area contributed by atoms with E-state index in [-0.39, 0.29) is 0 Å². The zero-order valence-electron chi connectivity index (χ0n) is 6.74. The van der Waals surface area contributed by atoms with Gasteiger partial charge in [0.25, 0.3) is 0 Å². The molecule has 6 heteroatoms. The molecule has 2 atom stereocenters. The highest BCUT2D eigenvalue weighted by Gasteiger charge is 2.19. The maximum atomic E-state index is 9.31. The van der Waals surface area contributed by atoms with Crippen LogP contribution in [0.25, 0.3) is 10.4 Å². The summed E-state index contributed by atoms with van der Waals surface area (Å²) in [4.78, 5) is 3.37. The Morgan fingerprint density at radius 3 is 2.92 bits per heavy atom. The van der Waals surface area contributed by atoms with E-state index in [0.717, 1.165) is 4.88 Å². The van der Waals surface area contributed by atoms with Crippen molar-refractivity contribution in [3.63, 3.8) is 0 Å². The van der Waals surface area contributed by atoms with E-state index in [1.807, 2.05) is 5.38 Å². The van der Waals surface area contributed by atoms with Gasteiger partial charge in [0.2, 0.25) is 0 Å². The summed E-state index contributed by atoms with van der Waals surface area (Å²) >= 11 is 1.38. The van der Waals surface area contributed by atoms with Gasteiger partial charge >= 0.3 is 0 Å². The number of aliphatic hydroxyl groups excluding tert-OH is 2. The Bertz CT molecular complexity index is 295. The molecule has 1 rings (SSSR count). The third-order valence-electron chi connectivity index (χ3n) is 1.56. The molecule has 0 spiro atoms. The van der Waals surface area contributed by atoms with Crippen LogP contribution in [-0.2, 0) is 0 Å². The van der Waals surface area contributed by atoms with Gasteiger partial charge in [-0.2, -0.15) is 0 Å². The summed E-state index contributed by atoms with van der Waals surface area (Å²) < 4.78 is 0. The van der Waals surface area contributed by atoms with Gasteiger partial charge in [-0.15, -0.1) is 11.3 Å². The molecule has 0 saturated carbocycles. The van der Waals surface area contributed by atoms with Crippen molar-refractivity contribution in [1.29, 1.82) is 0 Å². The first-order valence-corrected chi connectivity index (χ1v) is 4.54. The fraction of sp³-hybridized carbons (Fsp3) is 0.429. The molecule has 2 N–H and O–H groups in total. The summed E-state index contributed by atoms with van der Waals surface area (Å²) in [5.74, 6) is 0. The normalized spacial score (nSPS) is 14.6. The molecule has 0 amide bonds. The van der Waals surface area contributed by atoms with E-state index in [1.54, 1.807) is 12.1 Å². The first-order chi connectivity index (χ1) is 6.29. The van der Waals surface area contributed by atoms with Crippen molar-refractivity contribution >= 4 is 11.3 Å². The lowest BCUT2D eigenvalue weighted by molar-refractivity contribution is 0.0751. The summed E-state index contributed by atoms with van der Waals surface area (Å²) in [6.45, 7) is -0.415. The van der Waals surface area contributed by atoms with E-state index in [4.69, 9.17) is 10.6 Å². The fourth-order valence-electron chi connectivity index (χ4n) is 0.939. The molecular formula is C7H9N3O2S. The van der Waals surface area contributed by atoms with E-state index >= 15 is 0 Å². The minimum absolute atomic E-state index is 0.415. The van der Waals surface area contributed by atoms with Crippen LogP contribution >= 0.6 is 11.3 Å². The van der Waals surface area contributed by atoms with Crippen LogP contribution in [0, 0.1) is 0 Å². The first-order valence-electron chi connectivity index (χ1n) is 3.66. The second-order valence-corrected chi connectivity index (χ2v) is 3.39. The van der Waals surface area contributed by atoms with Crippen molar-refractivity contribution in [2.45, 2.75) is 12.1 Å². The molecular weight excluding hydrogens is 190 g/mol. The third kappa shape index (κ3) is 2.43. The smallest absolute Gasteiger partial charge is 0.1000 e. The van der Waals surface area contributed by atoms with E-state index in [1.165, 1.54) is 11.3 Å². The summed E-state index contributed by atoms with van der Waals surface area (Å²) in [6, 6.07) is 2.86. The van der Waals surface area contributed by atoms with Crippen LogP contribution in [0.15, 0.2) is 22.6 Å². The molecule has 0 fully saturated rings. The van der Waals surface area contributed by atoms with Crippen molar-refractivity contribution in [3.8, 4) is 0 Å². The molecule has 70 valence electrons. The summed E-state index contributed by atoms with van der Waals surface area (Å²) in [5, 5.41) is 23.3. The van der Waals surface area contributed by atoms with Gasteiger partial charge in [0.1, 0.15) is 0 Å². The summed E-state index contributed by atoms with van der Waals surface area (Å²) in [7, 11) is 0. The number of hydrogen-bond acceptors (Lipinski definition) is 4. The maximum Gasteiger partial charge on any atom is 0.1000 e. The zero-order chi connectivity index (χ0) is 9.68. The van der Waals surface area contributed by atoms with Gasteiger partial charge in [0, 0.05) is 9.79 Å². The van der Waals surface area contributed by atoms with Crippen molar-refractivity contribution in [3.05, 3.63) is 32.8 Å². The van der Waals surface area contributed by atoms with Crippen molar-refractivity contribution in [2.75, 3.05) is 6.61 Å². The predicted octanol–water partition coefficient (Wildman–Crippen LogP) is 1.45. The van der Waals surface area contributed by atoms with Crippen LogP contribution in [0.4, 0.5) is 0 Å². The monoisotopic (exact) mass is 199 g/mol. The molecule has 0 saturated heterocycles. The van der Waals surface area contributed by atoms with Crippen LogP contribution in [-0.4, -0.2) is 22.9 Å². The Kier molecular flexibility index (Phi) is 3.72. The highest BCUT2D eigenvalue weighted by Crippen LogP contribution is 2.25. The van der Waals surface area contributed by atoms with Gasteiger partial charge in [0.05, 0.1) is 18.8 Å². The Hall–Kier alpha value is -1.07. The Balaban J connectivity index is 2.86. The third-order valence-corrected chi connectivity index (χ3v) is 2.51. The molecule has 1 aromatic rings. The average molecular weight is 199 g/mol. The predicted molar refractivity (Wildman–Crippen MR) is 49.3 cm³/mol. The van der Waals surface area contributed by atoms with Gasteiger partial charge in [-0.3, -0.25) is 0 Å². The standard InChI is InChI=1S/C7H9N3O2S/c8-10-9-7(5(12)4-11)6-2-1-3-13-6/h1-3,5,7,11-12H,4H2/t5-,7-/m1/s1. The molecule has 0 radical (unpaired) electrons. The number of azide groups is 1. The molecule has 0 aliphatic heterocycles. The molecule has 5 nitrogen and oxygen atoms in total. The topological polar surface area (TPSA) is 89.2 Å². The zero-order valence-corrected chi connectivity index (χ0v) is 7.55. The average Bonchev–Trinajstić information content (AvgIpc) is 2.65. The number of aliphatic hydroxyl groups is 2. The Morgan fingerprint density at radius 1 is 1.69 bits per heavy atom. The lowest BCUT2D eigenvalue weighted by Crippen LogP contribution is -2.19. The first kappa shape index (κ1) is 10.0. The largest absolute Gasteiger partial charge is 0.394 e. The number of thiophene rings is 1. The lowest BCUT2D eigenvalue weighted by atomic mass is 10.1. The lowest BCUT2D eigenvalue weighted by Gasteiger charge is -2.13. The number of hydrogen-bond donors (Lipinski definition) is 2. The Morgan fingerprint density at radius 2 is 2.46 bits per heavy atom. The van der Waals surface area contributed by atoms with E-state index in [2.05, 4.69) is 10.0 Å². The van der Waals surface area contributed by atoms with Crippen LogP contribution < -0.4 is 0 Å². The molecule has 0 bridgehead atoms. The van der Waals surface area contributed by atoms with Gasteiger partial charge in [-0.1, -0.05) is 11.2 Å². The molecule has 0 unspecified atom stereocenters. The van der Waals surface area contributed by atoms with E-state index in [0.29, 0.717) is 0 Å². The molecule has 1 heterocycles. The van der Waals surface area contributed by atoms with Crippen LogP contribution in [0.3, 0.4) is 0 Å². The van der Waals surface area contributed by atoms with Gasteiger partial charge in [-0.05, 0) is 17.0 Å². The fourth-order valence-corrected chi connectivity index (χ4v) is 1.75. The number of rotatable bonds is 4. The molecule has 0 aliphatic rings. The quantitative estimate of drug-likeness (QED) is 0.436. The Labute approximate surface area is 78.9 Å². The molecule has 13 heavy (non-hydrogen) atoms. The highest BCUT2D eigenvalue weighted by molar-refractivity contribution is 7.10. The van der Waals surface area contributed by atoms with E-state index in [9.17, 15) is 5.11 Å². The second-order valence-electron chi connectivity index (χ2n) is 2.42. The van der Waals surface area contributed by atoms with Crippen LogP contribution in [0.2, 0.25) is 0 Å². The van der Waals surface area contributed by atoms with E-state index < -0.39 is 18.8 Å². The number of nitrogens with zero attached hydrogens (tertiary/aromatic N) is 3. The minimum atomic E-state index is -1.03. The summed E-state index contributed by atoms with van der Waals surface area (Å²) in [5.41, 5.74) is 8.25. The molecule has 0 aromatic carbocycles. The highest BCUT2D eigenvalue weighted by atomic mass is 32.1. The van der Waals surface area contributed by atoms with Crippen molar-refractivity contribution < 1.29 is 10.2 Å². The minimum Gasteiger partial charge on any atom is -0.394 e. The molecule has 0 aliphatic carbocycles. The maximum absolute atomic E-state index is 9.31. The van der Waals surface area contributed by atoms with Crippen LogP contribution in [0.5, 0.6) is 0 Å². The van der Waals surface area contributed by atoms with Crippen LogP contribution in [0.1, 0.15) is 10.9 Å². The van der Waals surface area contributed by atoms with Crippen molar-refractivity contribution in [2.24, 2.45) is 5.11 Å².